The van der Waals surface area contributed by atoms with Crippen molar-refractivity contribution >= 4 is 17.4 Å². The average Bonchev–Trinajstić information content (AvgIpc) is 3.34. The highest BCUT2D eigenvalue weighted by molar-refractivity contribution is 7.09. The summed E-state index contributed by atoms with van der Waals surface area (Å²) in [5, 5.41) is 5.05. The lowest BCUT2D eigenvalue weighted by Gasteiger charge is -2.21. The van der Waals surface area contributed by atoms with Gasteiger partial charge < -0.3 is 19.5 Å². The van der Waals surface area contributed by atoms with E-state index in [1.54, 1.807) is 22.5 Å². The van der Waals surface area contributed by atoms with Crippen molar-refractivity contribution in [3.63, 3.8) is 0 Å². The van der Waals surface area contributed by atoms with Gasteiger partial charge in [0.2, 0.25) is 0 Å². The van der Waals surface area contributed by atoms with Crippen molar-refractivity contribution in [1.82, 2.24) is 15.1 Å². The van der Waals surface area contributed by atoms with Crippen LogP contribution in [0.4, 0.5) is 4.79 Å². The van der Waals surface area contributed by atoms with Gasteiger partial charge in [0.05, 0.1) is 19.4 Å². The summed E-state index contributed by atoms with van der Waals surface area (Å²) in [7, 11) is 4.10. The van der Waals surface area contributed by atoms with Gasteiger partial charge in [-0.25, -0.2) is 4.79 Å². The van der Waals surface area contributed by atoms with Crippen LogP contribution in [0.15, 0.2) is 64.6 Å². The molecule has 6 heteroatoms. The fraction of sp³-hybridized carbons (Fsp3) is 0.286. The number of benzene rings is 1. The van der Waals surface area contributed by atoms with Crippen LogP contribution in [-0.2, 0) is 26.2 Å². The zero-order valence-electron chi connectivity index (χ0n) is 15.7. The molecule has 2 heterocycles. The molecule has 5 nitrogen and oxygen atoms in total. The summed E-state index contributed by atoms with van der Waals surface area (Å²) < 4.78 is 5.42. The van der Waals surface area contributed by atoms with E-state index in [0.717, 1.165) is 22.7 Å². The number of hydrogen-bond acceptors (Lipinski definition) is 4. The molecule has 0 bridgehead atoms. The summed E-state index contributed by atoms with van der Waals surface area (Å²) in [5.74, 6) is 0.773. The zero-order chi connectivity index (χ0) is 19.1. The Bertz CT molecular complexity index is 776. The minimum atomic E-state index is -0.0998. The number of carbonyl (C=O) groups excluding carboxylic acids is 1. The second-order valence-corrected chi connectivity index (χ2v) is 7.76. The molecule has 1 aromatic carbocycles. The molecule has 0 unspecified atom stereocenters. The Kier molecular flexibility index (Phi) is 6.68. The van der Waals surface area contributed by atoms with Gasteiger partial charge in [0.15, 0.2) is 0 Å². The Morgan fingerprint density at radius 2 is 1.78 bits per heavy atom. The van der Waals surface area contributed by atoms with Crippen LogP contribution in [0.25, 0.3) is 0 Å². The normalized spacial score (nSPS) is 10.9. The van der Waals surface area contributed by atoms with Gasteiger partial charge in [-0.15, -0.1) is 11.3 Å². The number of urea groups is 1. The van der Waals surface area contributed by atoms with Crippen LogP contribution in [0.2, 0.25) is 0 Å². The summed E-state index contributed by atoms with van der Waals surface area (Å²) in [5.41, 5.74) is 2.34. The van der Waals surface area contributed by atoms with Crippen LogP contribution in [0.3, 0.4) is 0 Å². The lowest BCUT2D eigenvalue weighted by atomic mass is 10.1. The highest BCUT2D eigenvalue weighted by Crippen LogP contribution is 2.15. The van der Waals surface area contributed by atoms with Gasteiger partial charge in [-0.05, 0) is 48.8 Å². The average molecular weight is 384 g/mol. The molecule has 0 aliphatic heterocycles. The molecule has 0 fully saturated rings. The van der Waals surface area contributed by atoms with E-state index in [4.69, 9.17) is 4.42 Å². The highest BCUT2D eigenvalue weighted by Gasteiger charge is 2.16. The highest BCUT2D eigenvalue weighted by atomic mass is 32.1. The van der Waals surface area contributed by atoms with Crippen LogP contribution in [0.5, 0.6) is 0 Å². The Hall–Kier alpha value is -2.57. The maximum Gasteiger partial charge on any atom is 0.318 e. The zero-order valence-corrected chi connectivity index (χ0v) is 16.5. The van der Waals surface area contributed by atoms with Crippen molar-refractivity contribution in [2.75, 3.05) is 14.1 Å². The number of nitrogens with one attached hydrogen (secondary N) is 1. The first-order valence-corrected chi connectivity index (χ1v) is 9.78. The summed E-state index contributed by atoms with van der Waals surface area (Å²) in [4.78, 5) is 17.8. The molecule has 3 aromatic rings. The molecule has 0 spiro atoms. The van der Waals surface area contributed by atoms with Crippen LogP contribution >= 0.6 is 11.3 Å². The Labute approximate surface area is 164 Å². The van der Waals surface area contributed by atoms with Gasteiger partial charge in [0, 0.05) is 18.0 Å². The molecule has 0 radical (unpaired) electrons. The second-order valence-electron chi connectivity index (χ2n) is 6.73. The largest absolute Gasteiger partial charge is 0.467 e. The Morgan fingerprint density at radius 3 is 2.41 bits per heavy atom. The molecular weight excluding hydrogens is 358 g/mol. The van der Waals surface area contributed by atoms with Crippen LogP contribution < -0.4 is 5.32 Å². The van der Waals surface area contributed by atoms with Crippen molar-refractivity contribution < 1.29 is 9.21 Å². The first-order valence-electron chi connectivity index (χ1n) is 8.90. The van der Waals surface area contributed by atoms with Crippen molar-refractivity contribution in [3.05, 3.63) is 81.9 Å². The minimum Gasteiger partial charge on any atom is -0.467 e. The molecule has 142 valence electrons. The molecule has 2 amide bonds. The third-order valence-corrected chi connectivity index (χ3v) is 4.97. The summed E-state index contributed by atoms with van der Waals surface area (Å²) in [6, 6.07) is 16.0. The van der Waals surface area contributed by atoms with E-state index in [1.165, 1.54) is 5.56 Å². The maximum atomic E-state index is 12.8. The predicted molar refractivity (Wildman–Crippen MR) is 108 cm³/mol. The molecule has 0 aliphatic rings. The number of nitrogens with zero attached hydrogens (tertiary/aromatic N) is 2. The Morgan fingerprint density at radius 1 is 1.00 bits per heavy atom. The number of carbonyl (C=O) groups is 1. The Balaban J connectivity index is 1.59. The molecular formula is C21H25N3O2S. The maximum absolute atomic E-state index is 12.8. The van der Waals surface area contributed by atoms with Gasteiger partial charge in [-0.3, -0.25) is 0 Å². The van der Waals surface area contributed by atoms with E-state index >= 15 is 0 Å². The summed E-state index contributed by atoms with van der Waals surface area (Å²) in [6.45, 7) is 2.41. The summed E-state index contributed by atoms with van der Waals surface area (Å²) >= 11 is 1.65. The molecule has 0 atom stereocenters. The first-order chi connectivity index (χ1) is 13.1. The monoisotopic (exact) mass is 383 g/mol. The standard InChI is InChI=1S/C21H25N3O2S/c1-23(2)14-18-9-7-17(8-10-18)13-22-21(25)24(15-19-5-3-11-26-19)16-20-6-4-12-27-20/h3-12H,13-16H2,1-2H3,(H,22,25). The molecule has 0 saturated carbocycles. The third-order valence-electron chi connectivity index (χ3n) is 4.11. The van der Waals surface area contributed by atoms with E-state index in [9.17, 15) is 4.79 Å². The van der Waals surface area contributed by atoms with Crippen LogP contribution in [-0.4, -0.2) is 29.9 Å². The predicted octanol–water partition coefficient (Wildman–Crippen LogP) is 4.31. The van der Waals surface area contributed by atoms with E-state index in [2.05, 4.69) is 48.6 Å². The quantitative estimate of drug-likeness (QED) is 0.630. The molecule has 0 aliphatic carbocycles. The SMILES string of the molecule is CN(C)Cc1ccc(CNC(=O)N(Cc2ccco2)Cc2cccs2)cc1. The number of thiophene rings is 1. The lowest BCUT2D eigenvalue weighted by Crippen LogP contribution is -2.38. The summed E-state index contributed by atoms with van der Waals surface area (Å²) in [6.07, 6.45) is 1.63. The van der Waals surface area contributed by atoms with Gasteiger partial charge in [0.25, 0.3) is 0 Å². The molecule has 1 N–H and O–H groups in total. The van der Waals surface area contributed by atoms with E-state index in [-0.39, 0.29) is 6.03 Å². The smallest absolute Gasteiger partial charge is 0.318 e. The van der Waals surface area contributed by atoms with Gasteiger partial charge >= 0.3 is 6.03 Å². The number of furan rings is 1. The van der Waals surface area contributed by atoms with Gasteiger partial charge in [-0.2, -0.15) is 0 Å². The molecule has 0 saturated heterocycles. The molecule has 2 aromatic heterocycles. The third kappa shape index (κ3) is 5.98. The van der Waals surface area contributed by atoms with Gasteiger partial charge in [0.1, 0.15) is 5.76 Å². The fourth-order valence-electron chi connectivity index (χ4n) is 2.80. The van der Waals surface area contributed by atoms with Crippen molar-refractivity contribution in [3.8, 4) is 0 Å². The first kappa shape index (κ1) is 19.2. The van der Waals surface area contributed by atoms with E-state index in [0.29, 0.717) is 19.6 Å². The van der Waals surface area contributed by atoms with E-state index in [1.807, 2.05) is 29.6 Å². The number of rotatable bonds is 8. The van der Waals surface area contributed by atoms with Crippen molar-refractivity contribution in [1.29, 1.82) is 0 Å². The topological polar surface area (TPSA) is 48.7 Å². The number of hydrogen-bond donors (Lipinski definition) is 1. The van der Waals surface area contributed by atoms with Crippen molar-refractivity contribution in [2.24, 2.45) is 0 Å². The minimum absolute atomic E-state index is 0.0998. The fourth-order valence-corrected chi connectivity index (χ4v) is 3.52. The molecule has 3 rings (SSSR count). The van der Waals surface area contributed by atoms with Crippen molar-refractivity contribution in [2.45, 2.75) is 26.2 Å². The van der Waals surface area contributed by atoms with Crippen LogP contribution in [0.1, 0.15) is 21.8 Å². The van der Waals surface area contributed by atoms with Crippen LogP contribution in [0, 0.1) is 0 Å². The lowest BCUT2D eigenvalue weighted by molar-refractivity contribution is 0.187. The van der Waals surface area contributed by atoms with Gasteiger partial charge in [-0.1, -0.05) is 30.3 Å². The second kappa shape index (κ2) is 9.39. The number of amides is 2. The molecule has 27 heavy (non-hydrogen) atoms. The van der Waals surface area contributed by atoms with E-state index < -0.39 is 0 Å².